The molecule has 4 rings (SSSR count). The summed E-state index contributed by atoms with van der Waals surface area (Å²) in [5.41, 5.74) is 0.535. The van der Waals surface area contributed by atoms with Gasteiger partial charge in [-0.15, -0.1) is 0 Å². The Morgan fingerprint density at radius 2 is 1.80 bits per heavy atom. The second kappa shape index (κ2) is 7.45. The van der Waals surface area contributed by atoms with E-state index in [2.05, 4.69) is 0 Å². The molecule has 0 saturated carbocycles. The van der Waals surface area contributed by atoms with E-state index in [0.29, 0.717) is 16.1 Å². The van der Waals surface area contributed by atoms with Crippen LogP contribution in [-0.4, -0.2) is 52.8 Å². The summed E-state index contributed by atoms with van der Waals surface area (Å²) >= 11 is 5.89. The van der Waals surface area contributed by atoms with E-state index in [1.807, 2.05) is 0 Å². The van der Waals surface area contributed by atoms with Gasteiger partial charge in [-0.2, -0.15) is 0 Å². The van der Waals surface area contributed by atoms with E-state index < -0.39 is 33.6 Å². The fourth-order valence-corrected chi connectivity index (χ4v) is 5.84. The van der Waals surface area contributed by atoms with Crippen molar-refractivity contribution in [3.05, 3.63) is 70.3 Å². The van der Waals surface area contributed by atoms with Gasteiger partial charge in [-0.1, -0.05) is 23.7 Å². The van der Waals surface area contributed by atoms with Crippen LogP contribution in [0.15, 0.2) is 54.1 Å². The van der Waals surface area contributed by atoms with Crippen LogP contribution in [-0.2, 0) is 19.4 Å². The van der Waals surface area contributed by atoms with Gasteiger partial charge >= 0.3 is 0 Å². The summed E-state index contributed by atoms with van der Waals surface area (Å²) < 4.78 is 24.0. The number of Topliss-reactive ketones (excluding diaryl/α,β-unsaturated/α-hetero) is 1. The van der Waals surface area contributed by atoms with E-state index in [4.69, 9.17) is 11.6 Å². The third kappa shape index (κ3) is 3.57. The number of carbonyl (C=O) groups excluding carboxylic acids is 2. The zero-order chi connectivity index (χ0) is 21.6. The average Bonchev–Trinajstić information content (AvgIpc) is 3.18. The number of ketones is 1. The Kier molecular flexibility index (Phi) is 5.07. The highest BCUT2D eigenvalue weighted by atomic mass is 35.5. The van der Waals surface area contributed by atoms with E-state index >= 15 is 0 Å². The summed E-state index contributed by atoms with van der Waals surface area (Å²) in [5, 5.41) is 21.3. The number of aliphatic hydroxyl groups excluding tert-OH is 1. The molecule has 0 spiro atoms. The number of aliphatic hydroxyl groups is 1. The van der Waals surface area contributed by atoms with Gasteiger partial charge in [-0.05, 0) is 48.4 Å². The second-order valence-electron chi connectivity index (χ2n) is 7.37. The zero-order valence-electron chi connectivity index (χ0n) is 15.7. The predicted octanol–water partition coefficient (Wildman–Crippen LogP) is 2.65. The molecule has 2 N–H and O–H groups in total. The van der Waals surface area contributed by atoms with Crippen molar-refractivity contribution in [2.45, 2.75) is 18.5 Å². The number of sulfone groups is 1. The highest BCUT2D eigenvalue weighted by Crippen LogP contribution is 2.42. The largest absolute Gasteiger partial charge is 0.508 e. The van der Waals surface area contributed by atoms with Gasteiger partial charge in [0.25, 0.3) is 11.7 Å². The van der Waals surface area contributed by atoms with Gasteiger partial charge in [-0.3, -0.25) is 9.59 Å². The molecule has 2 aromatic carbocycles. The van der Waals surface area contributed by atoms with Crippen LogP contribution >= 0.6 is 11.6 Å². The maximum Gasteiger partial charge on any atom is 0.295 e. The first kappa shape index (κ1) is 20.4. The molecule has 0 aromatic heterocycles. The van der Waals surface area contributed by atoms with Gasteiger partial charge in [0.05, 0.1) is 23.1 Å². The van der Waals surface area contributed by atoms with Crippen LogP contribution in [0.1, 0.15) is 23.6 Å². The summed E-state index contributed by atoms with van der Waals surface area (Å²) in [7, 11) is -3.33. The molecule has 2 fully saturated rings. The molecule has 0 bridgehead atoms. The molecule has 2 saturated heterocycles. The molecule has 2 heterocycles. The van der Waals surface area contributed by atoms with Gasteiger partial charge in [-0.25, -0.2) is 8.42 Å². The Bertz CT molecular complexity index is 1170. The van der Waals surface area contributed by atoms with Crippen LogP contribution in [0.4, 0.5) is 0 Å². The topological polar surface area (TPSA) is 112 Å². The SMILES string of the molecule is O=C1C(=O)N([C@@H]2CCS(=O)(=O)C2)[C@H](c2cccc(O)c2)/C1=C(\O)c1ccc(Cl)cc1. The number of likely N-dealkylation sites (tertiary alicyclic amines) is 1. The minimum Gasteiger partial charge on any atom is -0.508 e. The van der Waals surface area contributed by atoms with Gasteiger partial charge in [0, 0.05) is 16.6 Å². The molecular formula is C21H18ClNO6S. The van der Waals surface area contributed by atoms with E-state index in [0.717, 1.165) is 0 Å². The predicted molar refractivity (Wildman–Crippen MR) is 111 cm³/mol. The average molecular weight is 448 g/mol. The maximum atomic E-state index is 12.9. The van der Waals surface area contributed by atoms with Crippen molar-refractivity contribution < 1.29 is 28.2 Å². The monoisotopic (exact) mass is 447 g/mol. The number of rotatable bonds is 3. The van der Waals surface area contributed by atoms with E-state index in [-0.39, 0.29) is 35.0 Å². The third-order valence-corrected chi connectivity index (χ3v) is 7.39. The van der Waals surface area contributed by atoms with Crippen molar-refractivity contribution in [3.63, 3.8) is 0 Å². The van der Waals surface area contributed by atoms with Gasteiger partial charge in [0.2, 0.25) is 0 Å². The fraction of sp³-hybridized carbons (Fsp3) is 0.238. The van der Waals surface area contributed by atoms with Crippen molar-refractivity contribution in [2.24, 2.45) is 0 Å². The minimum absolute atomic E-state index is 0.0788. The van der Waals surface area contributed by atoms with Crippen LogP contribution in [0, 0.1) is 0 Å². The van der Waals surface area contributed by atoms with E-state index in [9.17, 15) is 28.2 Å². The number of aromatic hydroxyl groups is 1. The smallest absolute Gasteiger partial charge is 0.295 e. The lowest BCUT2D eigenvalue weighted by atomic mass is 9.94. The standard InChI is InChI=1S/C21H18ClNO6S/c22-14-6-4-12(5-7-14)19(25)17-18(13-2-1-3-16(24)10-13)23(21(27)20(17)26)15-8-9-30(28,29)11-15/h1-7,10,15,18,24-25H,8-9,11H2/b19-17+/t15-,18-/m1/s1. The quantitative estimate of drug-likeness (QED) is 0.425. The summed E-state index contributed by atoms with van der Waals surface area (Å²) in [6.07, 6.45) is 0.200. The second-order valence-corrected chi connectivity index (χ2v) is 10.0. The Morgan fingerprint density at radius 3 is 2.40 bits per heavy atom. The van der Waals surface area contributed by atoms with Crippen LogP contribution in [0.3, 0.4) is 0 Å². The molecule has 9 heteroatoms. The maximum absolute atomic E-state index is 12.9. The molecule has 0 unspecified atom stereocenters. The number of carbonyl (C=O) groups is 2. The minimum atomic E-state index is -3.33. The number of hydrogen-bond donors (Lipinski definition) is 2. The number of amides is 1. The van der Waals surface area contributed by atoms with Crippen molar-refractivity contribution in [3.8, 4) is 5.75 Å². The summed E-state index contributed by atoms with van der Waals surface area (Å²) in [6, 6.07) is 10.4. The molecule has 0 aliphatic carbocycles. The summed E-state index contributed by atoms with van der Waals surface area (Å²) in [5.74, 6) is -2.58. The Morgan fingerprint density at radius 1 is 1.10 bits per heavy atom. The fourth-order valence-electron chi connectivity index (χ4n) is 4.01. The molecule has 2 aliphatic heterocycles. The molecule has 2 aromatic rings. The number of nitrogens with zero attached hydrogens (tertiary/aromatic N) is 1. The van der Waals surface area contributed by atoms with Crippen LogP contribution in [0.25, 0.3) is 5.76 Å². The third-order valence-electron chi connectivity index (χ3n) is 5.39. The lowest BCUT2D eigenvalue weighted by molar-refractivity contribution is -0.141. The first-order chi connectivity index (χ1) is 14.2. The van der Waals surface area contributed by atoms with Crippen molar-refractivity contribution in [2.75, 3.05) is 11.5 Å². The molecule has 2 atom stereocenters. The van der Waals surface area contributed by atoms with Crippen LogP contribution in [0.5, 0.6) is 5.75 Å². The molecule has 1 amide bonds. The number of phenolic OH excluding ortho intramolecular Hbond substituents is 1. The van der Waals surface area contributed by atoms with Crippen LogP contribution in [0.2, 0.25) is 5.02 Å². The lowest BCUT2D eigenvalue weighted by Gasteiger charge is -2.30. The van der Waals surface area contributed by atoms with Gasteiger partial charge in [0.15, 0.2) is 9.84 Å². The van der Waals surface area contributed by atoms with Crippen molar-refractivity contribution in [1.82, 2.24) is 4.90 Å². The molecule has 7 nitrogen and oxygen atoms in total. The van der Waals surface area contributed by atoms with E-state index in [1.54, 1.807) is 24.3 Å². The van der Waals surface area contributed by atoms with Crippen molar-refractivity contribution in [1.29, 1.82) is 0 Å². The number of phenols is 1. The molecule has 30 heavy (non-hydrogen) atoms. The van der Waals surface area contributed by atoms with Crippen LogP contribution < -0.4 is 0 Å². The van der Waals surface area contributed by atoms with Gasteiger partial charge in [0.1, 0.15) is 11.5 Å². The number of hydrogen-bond acceptors (Lipinski definition) is 6. The first-order valence-electron chi connectivity index (χ1n) is 9.23. The Labute approximate surface area is 178 Å². The highest BCUT2D eigenvalue weighted by Gasteiger charge is 2.51. The number of halogens is 1. The number of benzene rings is 2. The van der Waals surface area contributed by atoms with Gasteiger partial charge < -0.3 is 15.1 Å². The van der Waals surface area contributed by atoms with E-state index in [1.165, 1.54) is 29.2 Å². The summed E-state index contributed by atoms with van der Waals surface area (Å²) in [6.45, 7) is 0. The highest BCUT2D eigenvalue weighted by molar-refractivity contribution is 7.91. The lowest BCUT2D eigenvalue weighted by Crippen LogP contribution is -2.40. The molecule has 2 aliphatic rings. The molecular weight excluding hydrogens is 430 g/mol. The molecule has 0 radical (unpaired) electrons. The zero-order valence-corrected chi connectivity index (χ0v) is 17.2. The first-order valence-corrected chi connectivity index (χ1v) is 11.4. The van der Waals surface area contributed by atoms with Crippen molar-refractivity contribution >= 4 is 38.9 Å². The Balaban J connectivity index is 1.90. The summed E-state index contributed by atoms with van der Waals surface area (Å²) in [4.78, 5) is 27.1. The Hall–Kier alpha value is -2.84. The molecule has 156 valence electrons. The normalized spacial score (nSPS) is 25.0.